The number of hydrogen-bond acceptors (Lipinski definition) is 6. The van der Waals surface area contributed by atoms with Crippen LogP contribution in [-0.2, 0) is 31.3 Å². The van der Waals surface area contributed by atoms with E-state index in [2.05, 4.69) is 15.5 Å². The molecule has 0 aliphatic carbocycles. The van der Waals surface area contributed by atoms with Gasteiger partial charge in [-0.05, 0) is 50.5 Å². The van der Waals surface area contributed by atoms with E-state index in [0.29, 0.717) is 36.3 Å². The molecule has 1 aromatic heterocycles. The summed E-state index contributed by atoms with van der Waals surface area (Å²) < 4.78 is 55.4. The summed E-state index contributed by atoms with van der Waals surface area (Å²) in [5.41, 5.74) is 2.28. The first-order valence-electron chi connectivity index (χ1n) is 10.1. The Labute approximate surface area is 181 Å². The van der Waals surface area contributed by atoms with Gasteiger partial charge in [0.05, 0.1) is 16.3 Å². The second-order valence-electron chi connectivity index (χ2n) is 7.79. The van der Waals surface area contributed by atoms with Crippen molar-refractivity contribution >= 4 is 31.6 Å². The highest BCUT2D eigenvalue weighted by molar-refractivity contribution is 7.89. The predicted molar refractivity (Wildman–Crippen MR) is 114 cm³/mol. The molecule has 168 valence electrons. The summed E-state index contributed by atoms with van der Waals surface area (Å²) in [6.07, 6.45) is 1.19. The molecular weight excluding hydrogens is 442 g/mol. The fourth-order valence-electron chi connectivity index (χ4n) is 4.07. The maximum atomic E-state index is 13.2. The van der Waals surface area contributed by atoms with Gasteiger partial charge in [0.2, 0.25) is 26.0 Å². The van der Waals surface area contributed by atoms with Crippen LogP contribution in [0.15, 0.2) is 28.0 Å². The van der Waals surface area contributed by atoms with Crippen molar-refractivity contribution in [2.45, 2.75) is 42.9 Å². The number of nitrogens with zero attached hydrogens (tertiary/aromatic N) is 3. The maximum Gasteiger partial charge on any atom is 0.246 e. The lowest BCUT2D eigenvalue weighted by molar-refractivity contribution is -0.116. The van der Waals surface area contributed by atoms with E-state index in [9.17, 15) is 21.6 Å². The topological polar surface area (TPSA) is 133 Å². The number of hydrogen-bond donors (Lipinski definition) is 2. The van der Waals surface area contributed by atoms with Crippen LogP contribution in [0.25, 0.3) is 0 Å². The summed E-state index contributed by atoms with van der Waals surface area (Å²) in [4.78, 5) is 11.8. The van der Waals surface area contributed by atoms with Gasteiger partial charge in [0.15, 0.2) is 0 Å². The molecule has 0 saturated carbocycles. The van der Waals surface area contributed by atoms with Gasteiger partial charge >= 0.3 is 0 Å². The number of carbonyl (C=O) groups is 1. The third kappa shape index (κ3) is 4.00. The van der Waals surface area contributed by atoms with Gasteiger partial charge in [-0.1, -0.05) is 0 Å². The Balaban J connectivity index is 1.55. The highest BCUT2D eigenvalue weighted by atomic mass is 32.2. The largest absolute Gasteiger partial charge is 0.326 e. The Hall–Kier alpha value is -2.28. The molecule has 0 unspecified atom stereocenters. The summed E-state index contributed by atoms with van der Waals surface area (Å²) in [5, 5.41) is 9.41. The zero-order valence-electron chi connectivity index (χ0n) is 17.4. The predicted octanol–water partition coefficient (Wildman–Crippen LogP) is 0.997. The summed E-state index contributed by atoms with van der Waals surface area (Å²) in [7, 11) is -7.57. The Morgan fingerprint density at radius 3 is 2.26 bits per heavy atom. The molecule has 3 heterocycles. The van der Waals surface area contributed by atoms with E-state index < -0.39 is 20.0 Å². The van der Waals surface area contributed by atoms with Gasteiger partial charge in [-0.3, -0.25) is 9.89 Å². The fraction of sp³-hybridized carbons (Fsp3) is 0.474. The third-order valence-corrected chi connectivity index (χ3v) is 9.74. The number of aromatic nitrogens is 2. The number of nitrogens with one attached hydrogen (secondary N) is 2. The summed E-state index contributed by atoms with van der Waals surface area (Å²) >= 11 is 0. The van der Waals surface area contributed by atoms with E-state index in [1.54, 1.807) is 26.0 Å². The first kappa shape index (κ1) is 21.9. The van der Waals surface area contributed by atoms with Crippen LogP contribution in [0, 0.1) is 13.8 Å². The molecular formula is C19H25N5O5S2. The summed E-state index contributed by atoms with van der Waals surface area (Å²) in [5.74, 6) is -0.0833. The molecule has 1 amide bonds. The van der Waals surface area contributed by atoms with Crippen LogP contribution in [0.4, 0.5) is 5.69 Å². The number of fused-ring (bicyclic) bond motifs is 1. The smallest absolute Gasteiger partial charge is 0.246 e. The van der Waals surface area contributed by atoms with Crippen molar-refractivity contribution in [1.29, 1.82) is 0 Å². The first-order valence-corrected chi connectivity index (χ1v) is 12.9. The summed E-state index contributed by atoms with van der Waals surface area (Å²) in [6.45, 7) is 3.86. The fourth-order valence-corrected chi connectivity index (χ4v) is 7.39. The average molecular weight is 468 g/mol. The molecule has 0 atom stereocenters. The van der Waals surface area contributed by atoms with Crippen molar-refractivity contribution in [1.82, 2.24) is 18.8 Å². The van der Waals surface area contributed by atoms with E-state index in [1.807, 2.05) is 0 Å². The molecule has 2 aromatic rings. The van der Waals surface area contributed by atoms with Crippen LogP contribution in [-0.4, -0.2) is 67.7 Å². The molecule has 0 radical (unpaired) electrons. The average Bonchev–Trinajstić information content (AvgIpc) is 2.92. The molecule has 10 nitrogen and oxygen atoms in total. The number of H-pyrrole nitrogens is 1. The van der Waals surface area contributed by atoms with Crippen LogP contribution >= 0.6 is 0 Å². The lowest BCUT2D eigenvalue weighted by Gasteiger charge is -2.23. The van der Waals surface area contributed by atoms with Gasteiger partial charge in [0.25, 0.3) is 0 Å². The van der Waals surface area contributed by atoms with Crippen LogP contribution < -0.4 is 5.32 Å². The summed E-state index contributed by atoms with van der Waals surface area (Å²) in [6, 6.07) is 4.69. The maximum absolute atomic E-state index is 13.2. The monoisotopic (exact) mass is 467 g/mol. The van der Waals surface area contributed by atoms with E-state index in [1.165, 1.54) is 14.7 Å². The zero-order chi connectivity index (χ0) is 22.4. The normalized spacial score (nSPS) is 19.0. The van der Waals surface area contributed by atoms with Crippen molar-refractivity contribution in [3.63, 3.8) is 0 Å². The SMILES string of the molecule is Cc1n[nH]c(C)c1S(=O)(=O)N1CCCN(S(=O)(=O)c2ccc3c(c2)CCC(=O)N3)CC1. The highest BCUT2D eigenvalue weighted by Gasteiger charge is 2.34. The molecule has 2 aliphatic heterocycles. The third-order valence-electron chi connectivity index (χ3n) is 5.68. The number of rotatable bonds is 4. The molecule has 12 heteroatoms. The molecule has 31 heavy (non-hydrogen) atoms. The molecule has 2 aliphatic rings. The Morgan fingerprint density at radius 2 is 1.61 bits per heavy atom. The van der Waals surface area contributed by atoms with Crippen LogP contribution in [0.2, 0.25) is 0 Å². The Morgan fingerprint density at radius 1 is 0.935 bits per heavy atom. The van der Waals surface area contributed by atoms with Gasteiger partial charge in [0, 0.05) is 38.3 Å². The second-order valence-corrected chi connectivity index (χ2v) is 11.6. The van der Waals surface area contributed by atoms with E-state index in [-0.39, 0.29) is 41.9 Å². The van der Waals surface area contributed by atoms with Gasteiger partial charge in [-0.25, -0.2) is 16.8 Å². The van der Waals surface area contributed by atoms with Gasteiger partial charge in [-0.15, -0.1) is 0 Å². The standard InChI is InChI=1S/C19H25N5O5S2/c1-13-19(14(2)22-21-13)31(28,29)24-9-3-8-23(10-11-24)30(26,27)16-5-6-17-15(12-16)4-7-18(25)20-17/h5-6,12H,3-4,7-11H2,1-2H3,(H,20,25)(H,21,22). The minimum Gasteiger partial charge on any atom is -0.326 e. The van der Waals surface area contributed by atoms with E-state index >= 15 is 0 Å². The number of amides is 1. The van der Waals surface area contributed by atoms with Crippen molar-refractivity contribution in [3.8, 4) is 0 Å². The zero-order valence-corrected chi connectivity index (χ0v) is 19.0. The van der Waals surface area contributed by atoms with Crippen LogP contribution in [0.3, 0.4) is 0 Å². The number of carbonyl (C=O) groups excluding carboxylic acids is 1. The molecule has 1 saturated heterocycles. The van der Waals surface area contributed by atoms with Crippen molar-refractivity contribution in [2.24, 2.45) is 0 Å². The second kappa shape index (κ2) is 8.01. The highest BCUT2D eigenvalue weighted by Crippen LogP contribution is 2.28. The van der Waals surface area contributed by atoms with Gasteiger partial charge in [-0.2, -0.15) is 13.7 Å². The lowest BCUT2D eigenvalue weighted by atomic mass is 10.0. The number of aryl methyl sites for hydroxylation is 3. The molecule has 0 bridgehead atoms. The molecule has 4 rings (SSSR count). The van der Waals surface area contributed by atoms with E-state index in [0.717, 1.165) is 5.56 Å². The minimum absolute atomic E-state index is 0.0608. The van der Waals surface area contributed by atoms with Crippen molar-refractivity contribution in [2.75, 3.05) is 31.5 Å². The van der Waals surface area contributed by atoms with Gasteiger partial charge < -0.3 is 5.32 Å². The minimum atomic E-state index is -3.79. The molecule has 1 fully saturated rings. The quantitative estimate of drug-likeness (QED) is 0.689. The van der Waals surface area contributed by atoms with Crippen molar-refractivity contribution < 1.29 is 21.6 Å². The lowest BCUT2D eigenvalue weighted by Crippen LogP contribution is -2.37. The molecule has 1 aromatic carbocycles. The number of aromatic amines is 1. The Bertz CT molecular complexity index is 1220. The number of anilines is 1. The van der Waals surface area contributed by atoms with Gasteiger partial charge in [0.1, 0.15) is 4.90 Å². The molecule has 2 N–H and O–H groups in total. The molecule has 0 spiro atoms. The van der Waals surface area contributed by atoms with E-state index in [4.69, 9.17) is 0 Å². The van der Waals surface area contributed by atoms with Crippen LogP contribution in [0.5, 0.6) is 0 Å². The number of benzene rings is 1. The van der Waals surface area contributed by atoms with Crippen LogP contribution in [0.1, 0.15) is 29.8 Å². The Kier molecular flexibility index (Phi) is 5.66. The first-order chi connectivity index (χ1) is 14.6. The van der Waals surface area contributed by atoms with Crippen molar-refractivity contribution in [3.05, 3.63) is 35.2 Å². The number of sulfonamides is 2.